The molecule has 0 saturated carbocycles. The second-order valence-electron chi connectivity index (χ2n) is 12.7. The highest BCUT2D eigenvalue weighted by Gasteiger charge is 2.32. The van der Waals surface area contributed by atoms with Gasteiger partial charge in [0.2, 0.25) is 11.3 Å². The monoisotopic (exact) mass is 693 g/mol. The SMILES string of the molecule is CCc1c(N2CCN(C(=O)OC(C)(C)C)CC2)c(=O)c2nc(CN3CCOCC3)cnc2n1CC(=O)Nc1ccc(C(F)(F)F)cc1Cl. The molecular weight excluding hydrogens is 655 g/mol. The summed E-state index contributed by atoms with van der Waals surface area (Å²) in [5, 5.41) is 2.33. The average molecular weight is 694 g/mol. The first-order valence-corrected chi connectivity index (χ1v) is 16.1. The molecule has 0 bridgehead atoms. The van der Waals surface area contributed by atoms with Gasteiger partial charge in [-0.3, -0.25) is 14.5 Å². The number of amides is 2. The van der Waals surface area contributed by atoms with Crippen LogP contribution in [0.4, 0.5) is 29.3 Å². The number of hydrogen-bond acceptors (Lipinski definition) is 9. The highest BCUT2D eigenvalue weighted by molar-refractivity contribution is 6.33. The number of morpholine rings is 1. The van der Waals surface area contributed by atoms with Crippen molar-refractivity contribution in [1.82, 2.24) is 24.3 Å². The Morgan fingerprint density at radius 2 is 1.75 bits per heavy atom. The molecule has 1 aromatic carbocycles. The molecule has 5 rings (SSSR count). The van der Waals surface area contributed by atoms with Gasteiger partial charge in [0.05, 0.1) is 41.4 Å². The Bertz CT molecular complexity index is 1730. The van der Waals surface area contributed by atoms with Gasteiger partial charge in [0.25, 0.3) is 0 Å². The van der Waals surface area contributed by atoms with Crippen LogP contribution in [0.25, 0.3) is 11.2 Å². The Labute approximate surface area is 280 Å². The van der Waals surface area contributed by atoms with E-state index in [1.54, 1.807) is 36.4 Å². The number of halogens is 4. The number of nitrogens with zero attached hydrogens (tertiary/aromatic N) is 6. The third kappa shape index (κ3) is 8.18. The van der Waals surface area contributed by atoms with Gasteiger partial charge in [0.15, 0.2) is 11.2 Å². The van der Waals surface area contributed by atoms with Gasteiger partial charge >= 0.3 is 12.3 Å². The highest BCUT2D eigenvalue weighted by Crippen LogP contribution is 2.34. The number of aromatic nitrogens is 3. The molecule has 260 valence electrons. The zero-order valence-corrected chi connectivity index (χ0v) is 28.1. The Hall–Kier alpha value is -3.95. The number of rotatable bonds is 7. The normalized spacial score (nSPS) is 16.3. The van der Waals surface area contributed by atoms with Crippen molar-refractivity contribution in [2.24, 2.45) is 0 Å². The summed E-state index contributed by atoms with van der Waals surface area (Å²) in [6.45, 7) is 11.2. The number of alkyl halides is 3. The van der Waals surface area contributed by atoms with E-state index in [2.05, 4.69) is 15.2 Å². The van der Waals surface area contributed by atoms with Crippen molar-refractivity contribution in [3.05, 3.63) is 56.6 Å². The van der Waals surface area contributed by atoms with Crippen LogP contribution in [0.1, 0.15) is 44.6 Å². The Morgan fingerprint density at radius 3 is 2.35 bits per heavy atom. The van der Waals surface area contributed by atoms with Gasteiger partial charge in [-0.2, -0.15) is 13.2 Å². The topological polar surface area (TPSA) is 122 Å². The summed E-state index contributed by atoms with van der Waals surface area (Å²) in [7, 11) is 0. The van der Waals surface area contributed by atoms with E-state index in [-0.39, 0.29) is 33.8 Å². The molecule has 3 aromatic rings. The van der Waals surface area contributed by atoms with E-state index in [1.165, 1.54) is 0 Å². The van der Waals surface area contributed by atoms with Crippen LogP contribution in [-0.4, -0.2) is 94.4 Å². The van der Waals surface area contributed by atoms with Gasteiger partial charge in [0, 0.05) is 51.5 Å². The van der Waals surface area contributed by atoms with E-state index in [0.29, 0.717) is 82.5 Å². The van der Waals surface area contributed by atoms with E-state index in [1.807, 2.05) is 11.8 Å². The molecule has 0 unspecified atom stereocenters. The smallest absolute Gasteiger partial charge is 0.416 e. The lowest BCUT2D eigenvalue weighted by atomic mass is 10.1. The number of piperazine rings is 1. The van der Waals surface area contributed by atoms with Crippen molar-refractivity contribution in [3.8, 4) is 0 Å². The second-order valence-corrected chi connectivity index (χ2v) is 13.1. The van der Waals surface area contributed by atoms with E-state index in [4.69, 9.17) is 26.1 Å². The van der Waals surface area contributed by atoms with Crippen LogP contribution < -0.4 is 15.6 Å². The lowest BCUT2D eigenvalue weighted by molar-refractivity contribution is -0.137. The summed E-state index contributed by atoms with van der Waals surface area (Å²) < 4.78 is 52.1. The van der Waals surface area contributed by atoms with Gasteiger partial charge in [-0.1, -0.05) is 18.5 Å². The van der Waals surface area contributed by atoms with E-state index >= 15 is 0 Å². The third-order valence-corrected chi connectivity index (χ3v) is 8.34. The van der Waals surface area contributed by atoms with E-state index < -0.39 is 29.3 Å². The van der Waals surface area contributed by atoms with Crippen molar-refractivity contribution >= 4 is 46.1 Å². The minimum absolute atomic E-state index is 0.00966. The largest absolute Gasteiger partial charge is 0.444 e. The van der Waals surface area contributed by atoms with E-state index in [0.717, 1.165) is 18.2 Å². The molecule has 2 saturated heterocycles. The molecule has 12 nitrogen and oxygen atoms in total. The van der Waals surface area contributed by atoms with Crippen LogP contribution in [0.5, 0.6) is 0 Å². The molecule has 2 aromatic heterocycles. The molecule has 2 fully saturated rings. The maximum absolute atomic E-state index is 14.2. The molecule has 2 aliphatic rings. The molecule has 1 N–H and O–H groups in total. The number of carbonyl (C=O) groups excluding carboxylic acids is 2. The van der Waals surface area contributed by atoms with E-state index in [9.17, 15) is 27.6 Å². The number of benzene rings is 1. The first-order chi connectivity index (χ1) is 22.6. The third-order valence-electron chi connectivity index (χ3n) is 8.03. The number of pyridine rings is 1. The zero-order valence-electron chi connectivity index (χ0n) is 27.3. The van der Waals surface area contributed by atoms with Crippen LogP contribution in [-0.2, 0) is 40.0 Å². The molecule has 0 radical (unpaired) electrons. The van der Waals surface area contributed by atoms with Gasteiger partial charge < -0.3 is 29.2 Å². The Kier molecular flexibility index (Phi) is 10.5. The second kappa shape index (κ2) is 14.3. The first kappa shape index (κ1) is 35.4. The summed E-state index contributed by atoms with van der Waals surface area (Å²) in [4.78, 5) is 55.4. The summed E-state index contributed by atoms with van der Waals surface area (Å²) in [6.07, 6.45) is -3.11. The van der Waals surface area contributed by atoms with Crippen molar-refractivity contribution in [3.63, 3.8) is 0 Å². The molecule has 0 aliphatic carbocycles. The standard InChI is InChI=1S/C32H39ClF3N7O5/c1-5-24-27(41-8-10-42(11-9-41)30(46)48-31(2,3)4)28(45)26-29(37-17-21(38-26)18-40-12-14-47-15-13-40)43(24)19-25(44)39-23-7-6-20(16-22(23)33)32(34,35)36/h6-7,16-17H,5,8-15,18-19H2,1-4H3,(H,39,44). The summed E-state index contributed by atoms with van der Waals surface area (Å²) in [5.41, 5.74) is -0.173. The molecule has 4 heterocycles. The van der Waals surface area contributed by atoms with Crippen molar-refractivity contribution in [2.75, 3.05) is 62.7 Å². The predicted molar refractivity (Wildman–Crippen MR) is 174 cm³/mol. The van der Waals surface area contributed by atoms with Crippen molar-refractivity contribution in [1.29, 1.82) is 0 Å². The molecule has 0 spiro atoms. The lowest BCUT2D eigenvalue weighted by Crippen LogP contribution is -2.51. The highest BCUT2D eigenvalue weighted by atomic mass is 35.5. The van der Waals surface area contributed by atoms with Gasteiger partial charge in [0.1, 0.15) is 17.8 Å². The first-order valence-electron chi connectivity index (χ1n) is 15.8. The van der Waals surface area contributed by atoms with Crippen LogP contribution in [0.3, 0.4) is 0 Å². The fraction of sp³-hybridized carbons (Fsp3) is 0.531. The van der Waals surface area contributed by atoms with Crippen LogP contribution in [0.15, 0.2) is 29.2 Å². The maximum Gasteiger partial charge on any atom is 0.416 e. The molecule has 16 heteroatoms. The number of fused-ring (bicyclic) bond motifs is 1. The number of anilines is 2. The Balaban J connectivity index is 1.50. The number of nitrogens with one attached hydrogen (secondary N) is 1. The summed E-state index contributed by atoms with van der Waals surface area (Å²) in [5.74, 6) is -0.587. The molecular formula is C32H39ClF3N7O5. The number of hydrogen-bond donors (Lipinski definition) is 1. The number of ether oxygens (including phenoxy) is 2. The van der Waals surface area contributed by atoms with Gasteiger partial charge in [-0.15, -0.1) is 0 Å². The number of carbonyl (C=O) groups is 2. The molecule has 48 heavy (non-hydrogen) atoms. The average Bonchev–Trinajstić information content (AvgIpc) is 3.02. The van der Waals surface area contributed by atoms with Gasteiger partial charge in [-0.05, 0) is 45.4 Å². The lowest BCUT2D eigenvalue weighted by Gasteiger charge is -2.37. The molecule has 2 amide bonds. The minimum atomic E-state index is -4.59. The zero-order chi connectivity index (χ0) is 34.8. The quantitative estimate of drug-likeness (QED) is 0.380. The summed E-state index contributed by atoms with van der Waals surface area (Å²) in [6, 6.07) is 2.69. The van der Waals surface area contributed by atoms with Crippen LogP contribution >= 0.6 is 11.6 Å². The Morgan fingerprint density at radius 1 is 1.06 bits per heavy atom. The maximum atomic E-state index is 14.2. The van der Waals surface area contributed by atoms with Crippen molar-refractivity contribution < 1.29 is 32.2 Å². The fourth-order valence-electron chi connectivity index (χ4n) is 5.75. The summed E-state index contributed by atoms with van der Waals surface area (Å²) >= 11 is 6.11. The van der Waals surface area contributed by atoms with Gasteiger partial charge in [-0.25, -0.2) is 14.8 Å². The minimum Gasteiger partial charge on any atom is -0.444 e. The molecule has 2 aliphatic heterocycles. The fourth-order valence-corrected chi connectivity index (χ4v) is 5.98. The molecule has 0 atom stereocenters. The predicted octanol–water partition coefficient (Wildman–Crippen LogP) is 4.55. The van der Waals surface area contributed by atoms with Crippen molar-refractivity contribution in [2.45, 2.75) is 59.0 Å². The van der Waals surface area contributed by atoms with Crippen LogP contribution in [0.2, 0.25) is 5.02 Å². The van der Waals surface area contributed by atoms with Crippen LogP contribution in [0, 0.1) is 0 Å².